The van der Waals surface area contributed by atoms with E-state index >= 15 is 0 Å². The van der Waals surface area contributed by atoms with Crippen molar-refractivity contribution in [3.05, 3.63) is 26.7 Å². The molecule has 0 fully saturated rings. The number of nitrogens with one attached hydrogen (secondary N) is 1. The topological polar surface area (TPSA) is 83.5 Å². The molecule has 0 spiro atoms. The first-order chi connectivity index (χ1) is 9.19. The van der Waals surface area contributed by atoms with Crippen molar-refractivity contribution in [2.24, 2.45) is 0 Å². The van der Waals surface area contributed by atoms with Gasteiger partial charge in [-0.2, -0.15) is 4.72 Å². The van der Waals surface area contributed by atoms with Crippen molar-refractivity contribution in [3.8, 4) is 0 Å². The van der Waals surface area contributed by atoms with Gasteiger partial charge in [0.25, 0.3) is 0 Å². The Morgan fingerprint density at radius 3 is 2.30 bits per heavy atom. The molecule has 1 aromatic carbocycles. The van der Waals surface area contributed by atoms with E-state index in [0.29, 0.717) is 10.9 Å². The van der Waals surface area contributed by atoms with Gasteiger partial charge >= 0.3 is 5.97 Å². The molecule has 0 unspecified atom stereocenters. The van der Waals surface area contributed by atoms with Crippen molar-refractivity contribution in [2.75, 3.05) is 0 Å². The summed E-state index contributed by atoms with van der Waals surface area (Å²) in [6.45, 7) is 1.75. The summed E-state index contributed by atoms with van der Waals surface area (Å²) in [6.07, 6.45) is 0.682. The summed E-state index contributed by atoms with van der Waals surface area (Å²) in [6, 6.07) is 1.52. The van der Waals surface area contributed by atoms with Gasteiger partial charge in [-0.05, 0) is 18.6 Å². The summed E-state index contributed by atoms with van der Waals surface area (Å²) in [5.74, 6) is -1.25. The van der Waals surface area contributed by atoms with Gasteiger partial charge in [-0.3, -0.25) is 4.79 Å². The predicted octanol–water partition coefficient (Wildman–Crippen LogP) is 3.29. The SMILES string of the molecule is CCC[C@@H](NS(=O)(=O)c1c(Cl)cc(Br)cc1Cl)C(=O)O. The Morgan fingerprint density at radius 2 is 1.90 bits per heavy atom. The van der Waals surface area contributed by atoms with Crippen molar-refractivity contribution < 1.29 is 18.3 Å². The summed E-state index contributed by atoms with van der Waals surface area (Å²) < 4.78 is 27.1. The van der Waals surface area contributed by atoms with E-state index in [1.165, 1.54) is 12.1 Å². The minimum Gasteiger partial charge on any atom is -0.480 e. The first-order valence-corrected chi connectivity index (χ1v) is 8.62. The standard InChI is InChI=1S/C11H12BrCl2NO4S/c1-2-3-9(11(16)17)15-20(18,19)10-7(13)4-6(12)5-8(10)14/h4-5,9,15H,2-3H2,1H3,(H,16,17)/t9-/m1/s1. The predicted molar refractivity (Wildman–Crippen MR) is 80.8 cm³/mol. The molecule has 0 heterocycles. The Hall–Kier alpha value is -0.340. The van der Waals surface area contributed by atoms with E-state index in [4.69, 9.17) is 28.3 Å². The summed E-state index contributed by atoms with van der Waals surface area (Å²) in [4.78, 5) is 10.7. The fourth-order valence-electron chi connectivity index (χ4n) is 1.55. The fourth-order valence-corrected chi connectivity index (χ4v) is 4.71. The van der Waals surface area contributed by atoms with Gasteiger partial charge in [0.1, 0.15) is 10.9 Å². The van der Waals surface area contributed by atoms with Crippen LogP contribution in [0.15, 0.2) is 21.5 Å². The highest BCUT2D eigenvalue weighted by Crippen LogP contribution is 2.32. The summed E-state index contributed by atoms with van der Waals surface area (Å²) >= 11 is 14.9. The lowest BCUT2D eigenvalue weighted by Gasteiger charge is -2.15. The van der Waals surface area contributed by atoms with Crippen molar-refractivity contribution in [1.82, 2.24) is 4.72 Å². The Morgan fingerprint density at radius 1 is 1.40 bits per heavy atom. The zero-order valence-corrected chi connectivity index (χ0v) is 14.3. The first-order valence-electron chi connectivity index (χ1n) is 5.58. The van der Waals surface area contributed by atoms with Crippen LogP contribution >= 0.6 is 39.1 Å². The van der Waals surface area contributed by atoms with E-state index in [9.17, 15) is 13.2 Å². The van der Waals surface area contributed by atoms with Crippen LogP contribution in [0.2, 0.25) is 10.0 Å². The third-order valence-corrected chi connectivity index (χ3v) is 5.25. The Labute approximate surface area is 135 Å². The second-order valence-corrected chi connectivity index (χ2v) is 7.38. The molecule has 5 nitrogen and oxygen atoms in total. The molecule has 0 amide bonds. The van der Waals surface area contributed by atoms with Crippen LogP contribution in [0.3, 0.4) is 0 Å². The fraction of sp³-hybridized carbons (Fsp3) is 0.364. The molecule has 0 aliphatic heterocycles. The molecule has 2 N–H and O–H groups in total. The van der Waals surface area contributed by atoms with E-state index in [0.717, 1.165) is 0 Å². The normalized spacial score (nSPS) is 13.2. The molecule has 0 aromatic heterocycles. The summed E-state index contributed by atoms with van der Waals surface area (Å²) in [5, 5.41) is 8.83. The number of carboxylic acid groups (broad SMARTS) is 1. The minimum atomic E-state index is -4.12. The van der Waals surface area contributed by atoms with Crippen LogP contribution in [0.25, 0.3) is 0 Å². The third-order valence-electron chi connectivity index (χ3n) is 2.40. The van der Waals surface area contributed by atoms with E-state index in [1.54, 1.807) is 6.92 Å². The number of benzene rings is 1. The molecule has 1 aromatic rings. The van der Waals surface area contributed by atoms with Crippen LogP contribution < -0.4 is 4.72 Å². The molecule has 112 valence electrons. The quantitative estimate of drug-likeness (QED) is 0.761. The lowest BCUT2D eigenvalue weighted by Crippen LogP contribution is -2.40. The van der Waals surface area contributed by atoms with Crippen LogP contribution in [0.5, 0.6) is 0 Å². The van der Waals surface area contributed by atoms with Gasteiger partial charge in [-0.1, -0.05) is 52.5 Å². The first kappa shape index (κ1) is 17.7. The average molecular weight is 405 g/mol. The Kier molecular flexibility index (Phi) is 6.27. The number of sulfonamides is 1. The minimum absolute atomic E-state index is 0.0856. The van der Waals surface area contributed by atoms with Crippen molar-refractivity contribution >= 4 is 55.1 Å². The molecule has 9 heteroatoms. The van der Waals surface area contributed by atoms with Gasteiger partial charge in [0, 0.05) is 4.47 Å². The van der Waals surface area contributed by atoms with E-state index < -0.39 is 22.0 Å². The Bertz CT molecular complexity index is 598. The largest absolute Gasteiger partial charge is 0.480 e. The van der Waals surface area contributed by atoms with Gasteiger partial charge in [-0.15, -0.1) is 0 Å². The molecule has 1 atom stereocenters. The highest BCUT2D eigenvalue weighted by molar-refractivity contribution is 9.10. The Balaban J connectivity index is 3.20. The van der Waals surface area contributed by atoms with Crippen LogP contribution in [0.1, 0.15) is 19.8 Å². The molecular formula is C11H12BrCl2NO4S. The highest BCUT2D eigenvalue weighted by atomic mass is 79.9. The van der Waals surface area contributed by atoms with Crippen LogP contribution in [-0.4, -0.2) is 25.5 Å². The molecule has 1 rings (SSSR count). The van der Waals surface area contributed by atoms with Gasteiger partial charge in [0.05, 0.1) is 10.0 Å². The zero-order chi connectivity index (χ0) is 15.5. The summed E-state index contributed by atoms with van der Waals surface area (Å²) in [5.41, 5.74) is 0. The van der Waals surface area contributed by atoms with Gasteiger partial charge < -0.3 is 5.11 Å². The van der Waals surface area contributed by atoms with Gasteiger partial charge in [0.15, 0.2) is 0 Å². The summed E-state index contributed by atoms with van der Waals surface area (Å²) in [7, 11) is -4.12. The monoisotopic (exact) mass is 403 g/mol. The highest BCUT2D eigenvalue weighted by Gasteiger charge is 2.28. The van der Waals surface area contributed by atoms with E-state index in [-0.39, 0.29) is 21.4 Å². The van der Waals surface area contributed by atoms with Crippen LogP contribution in [0.4, 0.5) is 0 Å². The van der Waals surface area contributed by atoms with Crippen molar-refractivity contribution in [3.63, 3.8) is 0 Å². The van der Waals surface area contributed by atoms with Crippen molar-refractivity contribution in [1.29, 1.82) is 0 Å². The molecule has 0 radical (unpaired) electrons. The molecule has 0 aliphatic carbocycles. The maximum absolute atomic E-state index is 12.2. The molecular weight excluding hydrogens is 393 g/mol. The third kappa shape index (κ3) is 4.33. The lowest BCUT2D eigenvalue weighted by atomic mass is 10.2. The number of aliphatic carboxylic acids is 1. The smallest absolute Gasteiger partial charge is 0.321 e. The molecule has 0 saturated carbocycles. The van der Waals surface area contributed by atoms with Crippen LogP contribution in [-0.2, 0) is 14.8 Å². The van der Waals surface area contributed by atoms with Crippen molar-refractivity contribution in [2.45, 2.75) is 30.7 Å². The number of hydrogen-bond donors (Lipinski definition) is 2. The average Bonchev–Trinajstić information content (AvgIpc) is 2.25. The molecule has 0 bridgehead atoms. The number of carboxylic acids is 1. The molecule has 20 heavy (non-hydrogen) atoms. The van der Waals surface area contributed by atoms with E-state index in [1.807, 2.05) is 0 Å². The molecule has 0 saturated heterocycles. The van der Waals surface area contributed by atoms with Gasteiger partial charge in [0.2, 0.25) is 10.0 Å². The second kappa shape index (κ2) is 7.09. The van der Waals surface area contributed by atoms with Gasteiger partial charge in [-0.25, -0.2) is 8.42 Å². The molecule has 0 aliphatic rings. The number of carbonyl (C=O) groups is 1. The van der Waals surface area contributed by atoms with Crippen LogP contribution in [0, 0.1) is 0 Å². The number of hydrogen-bond acceptors (Lipinski definition) is 3. The maximum Gasteiger partial charge on any atom is 0.321 e. The maximum atomic E-state index is 12.2. The number of rotatable bonds is 6. The lowest BCUT2D eigenvalue weighted by molar-refractivity contribution is -0.139. The number of halogens is 3. The zero-order valence-electron chi connectivity index (χ0n) is 10.4. The van der Waals surface area contributed by atoms with E-state index in [2.05, 4.69) is 20.7 Å². The second-order valence-electron chi connectivity index (χ2n) is 4.00.